The van der Waals surface area contributed by atoms with Crippen LogP contribution in [-0.2, 0) is 9.53 Å². The van der Waals surface area contributed by atoms with Crippen LogP contribution in [0.15, 0.2) is 0 Å². The molecule has 0 aliphatic carbocycles. The van der Waals surface area contributed by atoms with Crippen molar-refractivity contribution in [3.05, 3.63) is 0 Å². The molecule has 0 saturated carbocycles. The van der Waals surface area contributed by atoms with Crippen molar-refractivity contribution in [1.29, 1.82) is 0 Å². The van der Waals surface area contributed by atoms with Gasteiger partial charge in [0.15, 0.2) is 0 Å². The van der Waals surface area contributed by atoms with Gasteiger partial charge in [0.05, 0.1) is 19.3 Å². The van der Waals surface area contributed by atoms with Gasteiger partial charge in [0, 0.05) is 19.2 Å². The third-order valence-corrected chi connectivity index (χ3v) is 3.07. The topological polar surface area (TPSA) is 70.6 Å². The monoisotopic (exact) mass is 302 g/mol. The summed E-state index contributed by atoms with van der Waals surface area (Å²) in [6.07, 6.45) is 6.86. The first-order valence-electron chi connectivity index (χ1n) is 8.32. The molecule has 1 amide bonds. The number of aliphatic hydroxyl groups excluding tert-OH is 1. The summed E-state index contributed by atoms with van der Waals surface area (Å²) < 4.78 is 5.43. The summed E-state index contributed by atoms with van der Waals surface area (Å²) in [6, 6.07) is 0.143. The van der Waals surface area contributed by atoms with E-state index in [0.717, 1.165) is 6.42 Å². The summed E-state index contributed by atoms with van der Waals surface area (Å²) in [5.74, 6) is -0.0507. The molecular weight excluding hydrogens is 268 g/mol. The quantitative estimate of drug-likeness (QED) is 0.428. The lowest BCUT2D eigenvalue weighted by atomic mass is 10.1. The largest absolute Gasteiger partial charge is 0.389 e. The van der Waals surface area contributed by atoms with Crippen molar-refractivity contribution in [3.8, 4) is 0 Å². The normalized spacial score (nSPS) is 12.6. The van der Waals surface area contributed by atoms with Gasteiger partial charge in [-0.05, 0) is 20.3 Å². The van der Waals surface area contributed by atoms with Gasteiger partial charge >= 0.3 is 0 Å². The molecule has 0 aliphatic rings. The number of unbranched alkanes of at least 4 members (excludes halogenated alkanes) is 5. The Morgan fingerprint density at radius 1 is 1.14 bits per heavy atom. The molecule has 1 unspecified atom stereocenters. The van der Waals surface area contributed by atoms with Crippen molar-refractivity contribution < 1.29 is 14.6 Å². The molecule has 0 rings (SSSR count). The summed E-state index contributed by atoms with van der Waals surface area (Å²) >= 11 is 0. The molecule has 21 heavy (non-hydrogen) atoms. The van der Waals surface area contributed by atoms with Crippen molar-refractivity contribution in [2.45, 2.75) is 71.4 Å². The number of carbonyl (C=O) groups excluding carboxylic acids is 1. The first kappa shape index (κ1) is 20.3. The standard InChI is InChI=1S/C16H34N2O3/c1-4-5-6-7-8-9-10-21-13-15(19)11-17-12-16(20)18-14(2)3/h14-15,17,19H,4-13H2,1-3H3,(H,18,20). The predicted octanol–water partition coefficient (Wildman–Crippen LogP) is 1.84. The van der Waals surface area contributed by atoms with Gasteiger partial charge in [0.1, 0.15) is 0 Å². The van der Waals surface area contributed by atoms with E-state index in [9.17, 15) is 9.90 Å². The van der Waals surface area contributed by atoms with Gasteiger partial charge in [0.25, 0.3) is 0 Å². The van der Waals surface area contributed by atoms with Crippen LogP contribution >= 0.6 is 0 Å². The molecule has 0 aromatic carbocycles. The van der Waals surface area contributed by atoms with Crippen LogP contribution in [0.1, 0.15) is 59.3 Å². The second-order valence-electron chi connectivity index (χ2n) is 5.85. The van der Waals surface area contributed by atoms with Crippen molar-refractivity contribution in [1.82, 2.24) is 10.6 Å². The molecule has 3 N–H and O–H groups in total. The fourth-order valence-corrected chi connectivity index (χ4v) is 1.99. The maximum Gasteiger partial charge on any atom is 0.234 e. The van der Waals surface area contributed by atoms with Crippen LogP contribution in [0.2, 0.25) is 0 Å². The Balaban J connectivity index is 3.30. The van der Waals surface area contributed by atoms with E-state index in [0.29, 0.717) is 19.8 Å². The second-order valence-corrected chi connectivity index (χ2v) is 5.85. The number of aliphatic hydroxyl groups is 1. The summed E-state index contributed by atoms with van der Waals surface area (Å²) in [5, 5.41) is 15.4. The average Bonchev–Trinajstić information content (AvgIpc) is 2.41. The molecule has 0 aromatic heterocycles. The number of nitrogens with one attached hydrogen (secondary N) is 2. The first-order valence-corrected chi connectivity index (χ1v) is 8.32. The van der Waals surface area contributed by atoms with E-state index >= 15 is 0 Å². The zero-order chi connectivity index (χ0) is 15.9. The van der Waals surface area contributed by atoms with Crippen LogP contribution in [0.3, 0.4) is 0 Å². The summed E-state index contributed by atoms with van der Waals surface area (Å²) in [5.41, 5.74) is 0. The van der Waals surface area contributed by atoms with Crippen LogP contribution in [0, 0.1) is 0 Å². The summed E-state index contributed by atoms with van der Waals surface area (Å²) in [4.78, 5) is 11.4. The molecule has 0 bridgehead atoms. The minimum atomic E-state index is -0.558. The maximum absolute atomic E-state index is 11.4. The van der Waals surface area contributed by atoms with Crippen molar-refractivity contribution in [3.63, 3.8) is 0 Å². The van der Waals surface area contributed by atoms with Crippen LogP contribution in [-0.4, -0.2) is 49.5 Å². The Hall–Kier alpha value is -0.650. The van der Waals surface area contributed by atoms with E-state index in [-0.39, 0.29) is 18.5 Å². The fourth-order valence-electron chi connectivity index (χ4n) is 1.99. The molecule has 1 atom stereocenters. The fraction of sp³-hybridized carbons (Fsp3) is 0.938. The van der Waals surface area contributed by atoms with Crippen molar-refractivity contribution in [2.75, 3.05) is 26.3 Å². The molecule has 5 heteroatoms. The smallest absolute Gasteiger partial charge is 0.234 e. The summed E-state index contributed by atoms with van der Waals surface area (Å²) in [7, 11) is 0. The van der Waals surface area contributed by atoms with Crippen molar-refractivity contribution >= 4 is 5.91 Å². The van der Waals surface area contributed by atoms with Gasteiger partial charge in [-0.2, -0.15) is 0 Å². The molecule has 0 radical (unpaired) electrons. The highest BCUT2D eigenvalue weighted by molar-refractivity contribution is 5.78. The maximum atomic E-state index is 11.4. The number of rotatable bonds is 14. The lowest BCUT2D eigenvalue weighted by Gasteiger charge is -2.13. The number of carbonyl (C=O) groups is 1. The molecular formula is C16H34N2O3. The Morgan fingerprint density at radius 2 is 1.81 bits per heavy atom. The van der Waals surface area contributed by atoms with E-state index in [1.54, 1.807) is 0 Å². The van der Waals surface area contributed by atoms with Gasteiger partial charge in [0.2, 0.25) is 5.91 Å². The molecule has 126 valence electrons. The van der Waals surface area contributed by atoms with Gasteiger partial charge in [-0.15, -0.1) is 0 Å². The Morgan fingerprint density at radius 3 is 2.48 bits per heavy atom. The Kier molecular flexibility index (Phi) is 13.9. The first-order chi connectivity index (χ1) is 10.1. The zero-order valence-electron chi connectivity index (χ0n) is 14.0. The predicted molar refractivity (Wildman–Crippen MR) is 86.4 cm³/mol. The molecule has 0 aromatic rings. The van der Waals surface area contributed by atoms with E-state index in [4.69, 9.17) is 4.74 Å². The lowest BCUT2D eigenvalue weighted by molar-refractivity contribution is -0.120. The van der Waals surface area contributed by atoms with Gasteiger partial charge in [-0.1, -0.05) is 39.0 Å². The number of hydrogen-bond acceptors (Lipinski definition) is 4. The van der Waals surface area contributed by atoms with E-state index in [2.05, 4.69) is 17.6 Å². The van der Waals surface area contributed by atoms with E-state index in [1.165, 1.54) is 32.1 Å². The average molecular weight is 302 g/mol. The molecule has 0 fully saturated rings. The van der Waals surface area contributed by atoms with E-state index in [1.807, 2.05) is 13.8 Å². The Bertz CT molecular complexity index is 248. The minimum absolute atomic E-state index is 0.0507. The minimum Gasteiger partial charge on any atom is -0.389 e. The molecule has 0 aliphatic heterocycles. The Labute approximate surface area is 129 Å². The number of hydrogen-bond donors (Lipinski definition) is 3. The number of amides is 1. The van der Waals surface area contributed by atoms with Crippen molar-refractivity contribution in [2.24, 2.45) is 0 Å². The zero-order valence-corrected chi connectivity index (χ0v) is 14.0. The van der Waals surface area contributed by atoms with Gasteiger partial charge < -0.3 is 20.5 Å². The van der Waals surface area contributed by atoms with E-state index < -0.39 is 6.10 Å². The van der Waals surface area contributed by atoms with Crippen LogP contribution in [0.5, 0.6) is 0 Å². The SMILES string of the molecule is CCCCCCCCOCC(O)CNCC(=O)NC(C)C. The lowest BCUT2D eigenvalue weighted by Crippen LogP contribution is -2.40. The van der Waals surface area contributed by atoms with Gasteiger partial charge in [-0.25, -0.2) is 0 Å². The van der Waals surface area contributed by atoms with Crippen LogP contribution in [0.25, 0.3) is 0 Å². The third kappa shape index (κ3) is 15.6. The molecule has 0 saturated heterocycles. The highest BCUT2D eigenvalue weighted by Gasteiger charge is 2.06. The molecule has 0 heterocycles. The third-order valence-electron chi connectivity index (χ3n) is 3.07. The molecule has 0 spiro atoms. The molecule has 5 nitrogen and oxygen atoms in total. The van der Waals surface area contributed by atoms with Crippen LogP contribution < -0.4 is 10.6 Å². The highest BCUT2D eigenvalue weighted by atomic mass is 16.5. The van der Waals surface area contributed by atoms with Crippen LogP contribution in [0.4, 0.5) is 0 Å². The second kappa shape index (κ2) is 14.3. The van der Waals surface area contributed by atoms with Gasteiger partial charge in [-0.3, -0.25) is 4.79 Å². The summed E-state index contributed by atoms with van der Waals surface area (Å²) in [6.45, 7) is 7.69. The number of ether oxygens (including phenoxy) is 1. The highest BCUT2D eigenvalue weighted by Crippen LogP contribution is 2.04.